The molecule has 4 nitrogen and oxygen atoms in total. The molecular formula is C12H14FNO3. The van der Waals surface area contributed by atoms with E-state index in [9.17, 15) is 9.18 Å². The standard InChI is InChI=1S/C12H14FNO3/c1-7(14)9-3-2-8(13)6-11(9)17-10-4-5-16-12(10)15/h2-3,6-7,10H,4-5,14H2,1H3/t7-,10?/m0/s1. The maximum atomic E-state index is 13.1. The molecule has 17 heavy (non-hydrogen) atoms. The average molecular weight is 239 g/mol. The van der Waals surface area contributed by atoms with Gasteiger partial charge in [-0.15, -0.1) is 0 Å². The summed E-state index contributed by atoms with van der Waals surface area (Å²) in [6, 6.07) is 3.83. The Hall–Kier alpha value is -1.62. The maximum Gasteiger partial charge on any atom is 0.347 e. The quantitative estimate of drug-likeness (QED) is 0.813. The number of ether oxygens (including phenoxy) is 2. The Morgan fingerprint density at radius 1 is 1.59 bits per heavy atom. The first kappa shape index (κ1) is 11.9. The van der Waals surface area contributed by atoms with Crippen molar-refractivity contribution in [2.24, 2.45) is 5.73 Å². The van der Waals surface area contributed by atoms with E-state index in [1.54, 1.807) is 13.0 Å². The van der Waals surface area contributed by atoms with Crippen molar-refractivity contribution in [2.75, 3.05) is 6.61 Å². The van der Waals surface area contributed by atoms with E-state index < -0.39 is 17.9 Å². The molecule has 2 N–H and O–H groups in total. The molecule has 1 aromatic carbocycles. The topological polar surface area (TPSA) is 61.6 Å². The number of hydrogen-bond acceptors (Lipinski definition) is 4. The summed E-state index contributed by atoms with van der Waals surface area (Å²) < 4.78 is 23.4. The van der Waals surface area contributed by atoms with Gasteiger partial charge in [0.25, 0.3) is 0 Å². The molecule has 2 rings (SSSR count). The van der Waals surface area contributed by atoms with Crippen molar-refractivity contribution in [1.29, 1.82) is 0 Å². The van der Waals surface area contributed by atoms with E-state index in [1.165, 1.54) is 12.1 Å². The minimum Gasteiger partial charge on any atom is -0.478 e. The van der Waals surface area contributed by atoms with E-state index in [1.807, 2.05) is 0 Å². The van der Waals surface area contributed by atoms with Crippen molar-refractivity contribution in [2.45, 2.75) is 25.5 Å². The van der Waals surface area contributed by atoms with Crippen molar-refractivity contribution in [3.05, 3.63) is 29.6 Å². The molecule has 0 aromatic heterocycles. The van der Waals surface area contributed by atoms with Gasteiger partial charge in [0.2, 0.25) is 0 Å². The van der Waals surface area contributed by atoms with Crippen molar-refractivity contribution in [1.82, 2.24) is 0 Å². The van der Waals surface area contributed by atoms with E-state index in [4.69, 9.17) is 15.2 Å². The lowest BCUT2D eigenvalue weighted by Gasteiger charge is -2.16. The number of hydrogen-bond donors (Lipinski definition) is 1. The predicted molar refractivity (Wildman–Crippen MR) is 59.0 cm³/mol. The Balaban J connectivity index is 2.24. The van der Waals surface area contributed by atoms with Crippen molar-refractivity contribution < 1.29 is 18.7 Å². The number of esters is 1. The van der Waals surface area contributed by atoms with Crippen LogP contribution in [-0.2, 0) is 9.53 Å². The van der Waals surface area contributed by atoms with Gasteiger partial charge < -0.3 is 15.2 Å². The second-order valence-electron chi connectivity index (χ2n) is 4.03. The van der Waals surface area contributed by atoms with Gasteiger partial charge in [-0.05, 0) is 13.0 Å². The molecule has 1 aliphatic rings. The zero-order chi connectivity index (χ0) is 12.4. The van der Waals surface area contributed by atoms with E-state index in [2.05, 4.69) is 0 Å². The molecule has 92 valence electrons. The fraction of sp³-hybridized carbons (Fsp3) is 0.417. The van der Waals surface area contributed by atoms with Crippen molar-refractivity contribution in [3.63, 3.8) is 0 Å². The van der Waals surface area contributed by atoms with Crippen LogP contribution in [0.2, 0.25) is 0 Å². The minimum absolute atomic E-state index is 0.289. The SMILES string of the molecule is C[C@H](N)c1ccc(F)cc1OC1CCOC1=O. The first-order chi connectivity index (χ1) is 8.08. The Labute approximate surface area is 98.5 Å². The summed E-state index contributed by atoms with van der Waals surface area (Å²) in [5.74, 6) is -0.524. The highest BCUT2D eigenvalue weighted by Crippen LogP contribution is 2.27. The van der Waals surface area contributed by atoms with Crippen LogP contribution in [0, 0.1) is 5.82 Å². The number of rotatable bonds is 3. The van der Waals surface area contributed by atoms with Crippen molar-refractivity contribution >= 4 is 5.97 Å². The van der Waals surface area contributed by atoms with Gasteiger partial charge >= 0.3 is 5.97 Å². The summed E-state index contributed by atoms with van der Waals surface area (Å²) in [5, 5.41) is 0. The van der Waals surface area contributed by atoms with Crippen LogP contribution in [0.5, 0.6) is 5.75 Å². The molecular weight excluding hydrogens is 225 g/mol. The largest absolute Gasteiger partial charge is 0.478 e. The molecule has 0 radical (unpaired) electrons. The highest BCUT2D eigenvalue weighted by Gasteiger charge is 2.29. The molecule has 0 amide bonds. The number of benzene rings is 1. The first-order valence-corrected chi connectivity index (χ1v) is 5.46. The van der Waals surface area contributed by atoms with Crippen LogP contribution in [0.15, 0.2) is 18.2 Å². The summed E-state index contributed by atoms with van der Waals surface area (Å²) >= 11 is 0. The third-order valence-electron chi connectivity index (χ3n) is 2.62. The summed E-state index contributed by atoms with van der Waals surface area (Å²) in [5.41, 5.74) is 6.43. The van der Waals surface area contributed by atoms with Gasteiger partial charge in [0.05, 0.1) is 6.61 Å². The van der Waals surface area contributed by atoms with Crippen LogP contribution in [0.1, 0.15) is 24.9 Å². The number of carbonyl (C=O) groups is 1. The number of cyclic esters (lactones) is 1. The van der Waals surface area contributed by atoms with Crippen LogP contribution in [0.25, 0.3) is 0 Å². The minimum atomic E-state index is -0.658. The summed E-state index contributed by atoms with van der Waals surface area (Å²) in [4.78, 5) is 11.3. The van der Waals surface area contributed by atoms with E-state index in [0.29, 0.717) is 24.3 Å². The van der Waals surface area contributed by atoms with Gasteiger partial charge in [-0.1, -0.05) is 6.07 Å². The van der Waals surface area contributed by atoms with Crippen LogP contribution in [0.3, 0.4) is 0 Å². The number of nitrogens with two attached hydrogens (primary N) is 1. The lowest BCUT2D eigenvalue weighted by molar-refractivity contribution is -0.143. The Kier molecular flexibility index (Phi) is 3.28. The lowest BCUT2D eigenvalue weighted by atomic mass is 10.1. The van der Waals surface area contributed by atoms with Crippen LogP contribution >= 0.6 is 0 Å². The third-order valence-corrected chi connectivity index (χ3v) is 2.62. The van der Waals surface area contributed by atoms with Gasteiger partial charge in [0, 0.05) is 24.1 Å². The summed E-state index contributed by atoms with van der Waals surface area (Å²) in [6.07, 6.45) is -0.178. The third kappa shape index (κ3) is 2.55. The molecule has 1 saturated heterocycles. The molecule has 0 aliphatic carbocycles. The molecule has 1 aliphatic heterocycles. The average Bonchev–Trinajstić information content (AvgIpc) is 2.64. The Morgan fingerprint density at radius 2 is 2.35 bits per heavy atom. The van der Waals surface area contributed by atoms with Crippen LogP contribution in [0.4, 0.5) is 4.39 Å². The van der Waals surface area contributed by atoms with E-state index in [-0.39, 0.29) is 6.04 Å². The molecule has 0 bridgehead atoms. The van der Waals surface area contributed by atoms with E-state index >= 15 is 0 Å². The predicted octanol–water partition coefficient (Wildman–Crippen LogP) is 1.54. The van der Waals surface area contributed by atoms with E-state index in [0.717, 1.165) is 0 Å². The highest BCUT2D eigenvalue weighted by atomic mass is 19.1. The second kappa shape index (κ2) is 4.71. The Morgan fingerprint density at radius 3 is 2.94 bits per heavy atom. The van der Waals surface area contributed by atoms with Gasteiger partial charge in [-0.25, -0.2) is 9.18 Å². The summed E-state index contributed by atoms with van der Waals surface area (Å²) in [6.45, 7) is 2.11. The maximum absolute atomic E-state index is 13.1. The zero-order valence-corrected chi connectivity index (χ0v) is 9.48. The van der Waals surface area contributed by atoms with Crippen LogP contribution < -0.4 is 10.5 Å². The van der Waals surface area contributed by atoms with Gasteiger partial charge in [-0.3, -0.25) is 0 Å². The van der Waals surface area contributed by atoms with Gasteiger partial charge in [0.1, 0.15) is 11.6 Å². The smallest absolute Gasteiger partial charge is 0.347 e. The van der Waals surface area contributed by atoms with Crippen molar-refractivity contribution in [3.8, 4) is 5.75 Å². The highest BCUT2D eigenvalue weighted by molar-refractivity contribution is 5.76. The normalized spacial score (nSPS) is 21.1. The molecule has 2 atom stereocenters. The van der Waals surface area contributed by atoms with Gasteiger partial charge in [-0.2, -0.15) is 0 Å². The lowest BCUT2D eigenvalue weighted by Crippen LogP contribution is -2.23. The number of halogens is 1. The van der Waals surface area contributed by atoms with Crippen LogP contribution in [-0.4, -0.2) is 18.7 Å². The number of carbonyl (C=O) groups excluding carboxylic acids is 1. The molecule has 0 saturated carbocycles. The zero-order valence-electron chi connectivity index (χ0n) is 9.48. The first-order valence-electron chi connectivity index (χ1n) is 5.46. The second-order valence-corrected chi connectivity index (χ2v) is 4.03. The van der Waals surface area contributed by atoms with Gasteiger partial charge in [0.15, 0.2) is 6.10 Å². The molecule has 1 fully saturated rings. The summed E-state index contributed by atoms with van der Waals surface area (Å²) in [7, 11) is 0. The molecule has 5 heteroatoms. The fourth-order valence-corrected chi connectivity index (χ4v) is 1.72. The monoisotopic (exact) mass is 239 g/mol. The molecule has 0 spiro atoms. The Bertz CT molecular complexity index is 434. The fourth-order valence-electron chi connectivity index (χ4n) is 1.72. The molecule has 1 aromatic rings. The molecule has 1 unspecified atom stereocenters. The molecule has 1 heterocycles.